The van der Waals surface area contributed by atoms with Crippen LogP contribution in [0.2, 0.25) is 0 Å². The molecule has 0 fully saturated rings. The molecule has 0 aliphatic rings. The zero-order chi connectivity index (χ0) is 42.1. The van der Waals surface area contributed by atoms with Crippen molar-refractivity contribution < 1.29 is 25.0 Å². The predicted molar refractivity (Wildman–Crippen MR) is 186 cm³/mol. The Hall–Kier alpha value is -5.66. The lowest BCUT2D eigenvalue weighted by Crippen LogP contribution is -1.96. The van der Waals surface area contributed by atoms with Gasteiger partial charge in [0.1, 0.15) is 11.2 Å². The molecule has 9 aromatic rings. The topological polar surface area (TPSA) is 13.1 Å². The van der Waals surface area contributed by atoms with Crippen molar-refractivity contribution in [2.24, 2.45) is 0 Å². The van der Waals surface area contributed by atoms with Gasteiger partial charge in [-0.3, -0.25) is 0 Å². The zero-order valence-corrected chi connectivity index (χ0v) is 23.0. The molecule has 8 aromatic carbocycles. The number of hydrogen-bond acceptors (Lipinski definition) is 1. The zero-order valence-electron chi connectivity index (χ0n) is 38.0. The van der Waals surface area contributed by atoms with E-state index in [1.165, 1.54) is 0 Å². The van der Waals surface area contributed by atoms with E-state index in [2.05, 4.69) is 0 Å². The predicted octanol–water partition coefficient (Wildman–Crippen LogP) is 12.0. The summed E-state index contributed by atoms with van der Waals surface area (Å²) in [6.07, 6.45) is -0.136. The van der Waals surface area contributed by atoms with Crippen LogP contribution < -0.4 is 0 Å². The van der Waals surface area contributed by atoms with Gasteiger partial charge < -0.3 is 4.42 Å². The minimum Gasteiger partial charge on any atom is -0.455 e. The van der Waals surface area contributed by atoms with Gasteiger partial charge >= 0.3 is 0 Å². The number of rotatable bonds is 4. The first-order valence-electron chi connectivity index (χ1n) is 21.5. The maximum Gasteiger partial charge on any atom is 0.143 e. The Labute approximate surface area is 276 Å². The lowest BCUT2D eigenvalue weighted by Gasteiger charge is -2.19. The summed E-state index contributed by atoms with van der Waals surface area (Å²) in [4.78, 5) is 0. The van der Waals surface area contributed by atoms with Crippen molar-refractivity contribution in [2.45, 2.75) is 6.42 Å². The lowest BCUT2D eigenvalue weighted by atomic mass is 9.84. The molecule has 9 rings (SSSR count). The fourth-order valence-corrected chi connectivity index (χ4v) is 6.23. The maximum atomic E-state index is 9.37. The van der Waals surface area contributed by atoms with Crippen molar-refractivity contribution >= 4 is 54.3 Å². The van der Waals surface area contributed by atoms with E-state index in [9.17, 15) is 6.85 Å². The molecule has 44 heavy (non-hydrogen) atoms. The highest BCUT2D eigenvalue weighted by molar-refractivity contribution is 6.19. The van der Waals surface area contributed by atoms with E-state index in [1.54, 1.807) is 18.2 Å². The van der Waals surface area contributed by atoms with Crippen LogP contribution in [0.5, 0.6) is 0 Å². The molecule has 0 spiro atoms. The van der Waals surface area contributed by atoms with E-state index in [1.807, 2.05) is 48.5 Å². The van der Waals surface area contributed by atoms with Crippen LogP contribution >= 0.6 is 0 Å². The second kappa shape index (κ2) is 9.97. The second-order valence-electron chi connectivity index (χ2n) is 10.5. The minimum absolute atomic E-state index is 0.111. The maximum absolute atomic E-state index is 9.37. The summed E-state index contributed by atoms with van der Waals surface area (Å²) in [5, 5.41) is -0.261. The molecule has 0 saturated heterocycles. The molecular weight excluding hydrogens is 532 g/mol. The highest BCUT2D eigenvalue weighted by Gasteiger charge is 2.19. The van der Waals surface area contributed by atoms with Gasteiger partial charge in [-0.05, 0) is 72.6 Å². The van der Waals surface area contributed by atoms with Crippen LogP contribution in [0.15, 0.2) is 162 Å². The molecular formula is C43H28O. The highest BCUT2D eigenvalue weighted by atomic mass is 16.3. The molecule has 1 nitrogen and oxygen atoms in total. The number of para-hydroxylation sites is 1. The number of furan rings is 1. The Kier molecular flexibility index (Phi) is 3.22. The van der Waals surface area contributed by atoms with Gasteiger partial charge in [0, 0.05) is 16.3 Å². The van der Waals surface area contributed by atoms with Gasteiger partial charge in [0.25, 0.3) is 0 Å². The monoisotopic (exact) mass is 575 g/mol. The van der Waals surface area contributed by atoms with Gasteiger partial charge in [0.2, 0.25) is 0 Å². The molecule has 0 saturated carbocycles. The highest BCUT2D eigenvalue weighted by Crippen LogP contribution is 2.44. The van der Waals surface area contributed by atoms with Gasteiger partial charge in [0.05, 0.1) is 20.6 Å². The van der Waals surface area contributed by atoms with Crippen molar-refractivity contribution in [1.29, 1.82) is 0 Å². The van der Waals surface area contributed by atoms with Crippen LogP contribution in [-0.2, 0) is 6.42 Å². The summed E-state index contributed by atoms with van der Waals surface area (Å²) in [6, 6.07) is 10.7. The van der Waals surface area contributed by atoms with Crippen molar-refractivity contribution in [2.75, 3.05) is 0 Å². The number of hydrogen-bond donors (Lipinski definition) is 0. The lowest BCUT2D eigenvalue weighted by molar-refractivity contribution is 0.670. The summed E-state index contributed by atoms with van der Waals surface area (Å²) >= 11 is 0. The molecule has 0 atom stereocenters. The SMILES string of the molecule is [2H]c1c([2H])c([2H])c2c(-c3c4c([2H])c([2H])c([2H])c([2H])c4c(Cc4cccc5oc6c(-c7ccccc7)cccc6c45)c4c([2H])c([2H])c([2H])c([2H])c34)c([2H])c([2H])c([2H])c2c1[2H]. The van der Waals surface area contributed by atoms with Gasteiger partial charge in [-0.15, -0.1) is 0 Å². The first-order chi connectivity index (χ1) is 28.1. The number of fused-ring (bicyclic) bond motifs is 6. The molecule has 206 valence electrons. The molecule has 0 N–H and O–H groups in total. The van der Waals surface area contributed by atoms with Gasteiger partial charge in [-0.2, -0.15) is 0 Å². The minimum atomic E-state index is -0.752. The molecule has 1 aromatic heterocycles. The third-order valence-corrected chi connectivity index (χ3v) is 8.10. The summed E-state index contributed by atoms with van der Waals surface area (Å²) in [5.41, 5.74) is 2.79. The van der Waals surface area contributed by atoms with Crippen molar-refractivity contribution in [1.82, 2.24) is 0 Å². The summed E-state index contributed by atoms with van der Waals surface area (Å²) in [5.74, 6) is 0. The molecule has 0 amide bonds. The van der Waals surface area contributed by atoms with Crippen LogP contribution in [0.3, 0.4) is 0 Å². The largest absolute Gasteiger partial charge is 0.455 e. The van der Waals surface area contributed by atoms with E-state index < -0.39 is 107 Å². The van der Waals surface area contributed by atoms with E-state index in [0.29, 0.717) is 22.1 Å². The summed E-state index contributed by atoms with van der Waals surface area (Å²) in [6.45, 7) is 0. The molecule has 0 radical (unpaired) electrons. The van der Waals surface area contributed by atoms with E-state index in [0.717, 1.165) is 16.5 Å². The normalized spacial score (nSPS) is 16.5. The van der Waals surface area contributed by atoms with Crippen LogP contribution in [-0.4, -0.2) is 0 Å². The third-order valence-electron chi connectivity index (χ3n) is 8.10. The van der Waals surface area contributed by atoms with Crippen LogP contribution in [0, 0.1) is 0 Å². The van der Waals surface area contributed by atoms with E-state index in [-0.39, 0.29) is 39.1 Å². The van der Waals surface area contributed by atoms with Gasteiger partial charge in [-0.1, -0.05) is 151 Å². The quantitative estimate of drug-likeness (QED) is 0.190. The summed E-state index contributed by atoms with van der Waals surface area (Å²) in [7, 11) is 0. The second-order valence-corrected chi connectivity index (χ2v) is 10.5. The van der Waals surface area contributed by atoms with Crippen LogP contribution in [0.1, 0.15) is 31.7 Å². The number of benzene rings is 8. The molecule has 0 aliphatic heterocycles. The van der Waals surface area contributed by atoms with Crippen molar-refractivity contribution in [3.8, 4) is 22.3 Å². The molecule has 1 heteroatoms. The van der Waals surface area contributed by atoms with Crippen LogP contribution in [0.25, 0.3) is 76.5 Å². The molecule has 0 bridgehead atoms. The smallest absolute Gasteiger partial charge is 0.143 e. The first-order valence-corrected chi connectivity index (χ1v) is 14.0. The molecule has 0 unspecified atom stereocenters. The average Bonchev–Trinajstić information content (AvgIpc) is 3.63. The molecule has 0 aliphatic carbocycles. The fourth-order valence-electron chi connectivity index (χ4n) is 6.23. The van der Waals surface area contributed by atoms with Crippen molar-refractivity contribution in [3.05, 3.63) is 168 Å². The van der Waals surface area contributed by atoms with Crippen molar-refractivity contribution in [3.63, 3.8) is 0 Å². The van der Waals surface area contributed by atoms with Gasteiger partial charge in [-0.25, -0.2) is 0 Å². The summed E-state index contributed by atoms with van der Waals surface area (Å²) < 4.78 is 141. The van der Waals surface area contributed by atoms with Gasteiger partial charge in [0.15, 0.2) is 0 Å². The third kappa shape index (κ3) is 3.80. The van der Waals surface area contributed by atoms with E-state index in [4.69, 9.17) is 18.1 Å². The molecule has 1 heterocycles. The Morgan fingerprint density at radius 1 is 0.500 bits per heavy atom. The Morgan fingerprint density at radius 3 is 1.93 bits per heavy atom. The Morgan fingerprint density at radius 2 is 1.16 bits per heavy atom. The Bertz CT molecular complexity index is 3270. The average molecular weight is 576 g/mol. The standard InChI is InChI=1S/C43H28O/c1-2-13-29(14-3-1)32-23-12-25-38-41-30(17-11-26-40(41)44-43(32)38)27-39-33-19-6-8-21-36(33)42(37-22-9-7-20-34(37)39)35-24-10-16-28-15-4-5-18-31(28)35/h1-26H,27H2/i4D,5D,6D,7D,8D,9D,10D,15D,16D,18D,19D,20D,21D,22D,24D. The first kappa shape index (κ1) is 14.2. The fraction of sp³-hybridized carbons (Fsp3) is 0.0233. The Balaban J connectivity index is 1.51. The van der Waals surface area contributed by atoms with Crippen LogP contribution in [0.4, 0.5) is 0 Å². The van der Waals surface area contributed by atoms with E-state index >= 15 is 0 Å².